The van der Waals surface area contributed by atoms with E-state index >= 15 is 0 Å². The molecule has 3 aliphatic rings. The van der Waals surface area contributed by atoms with Crippen molar-refractivity contribution in [1.82, 2.24) is 10.6 Å². The van der Waals surface area contributed by atoms with Gasteiger partial charge in [-0.1, -0.05) is 0 Å². The molecule has 0 unspecified atom stereocenters. The number of ether oxygens (including phenoxy) is 3. The molecule has 0 spiro atoms. The van der Waals surface area contributed by atoms with Crippen LogP contribution in [0.5, 0.6) is 0 Å². The monoisotopic (exact) mass is 370 g/mol. The smallest absolute Gasteiger partial charge is 0.378 e. The zero-order valence-electron chi connectivity index (χ0n) is 14.1. The predicted molar refractivity (Wildman–Crippen MR) is 84.6 cm³/mol. The van der Waals surface area contributed by atoms with Crippen molar-refractivity contribution in [1.29, 1.82) is 0 Å². The van der Waals surface area contributed by atoms with Gasteiger partial charge in [-0.05, 0) is 38.8 Å². The number of esters is 3. The maximum absolute atomic E-state index is 12.0. The van der Waals surface area contributed by atoms with Gasteiger partial charge in [-0.25, -0.2) is 9.59 Å². The number of nitrogens with one attached hydrogen (secondary N) is 2. The van der Waals surface area contributed by atoms with Crippen molar-refractivity contribution in [3.8, 4) is 0 Å². The van der Waals surface area contributed by atoms with Crippen molar-refractivity contribution in [2.75, 3.05) is 19.7 Å². The molecule has 0 saturated carbocycles. The second-order valence-corrected chi connectivity index (χ2v) is 6.46. The highest BCUT2D eigenvalue weighted by Crippen LogP contribution is 2.25. The second-order valence-electron chi connectivity index (χ2n) is 6.46. The van der Waals surface area contributed by atoms with Crippen molar-refractivity contribution < 1.29 is 38.8 Å². The van der Waals surface area contributed by atoms with Gasteiger partial charge in [0, 0.05) is 0 Å². The number of carbonyl (C=O) groups excluding carboxylic acids is 3. The minimum absolute atomic E-state index is 0.423. The van der Waals surface area contributed by atoms with Crippen LogP contribution in [0.25, 0.3) is 0 Å². The van der Waals surface area contributed by atoms with E-state index in [0.717, 1.165) is 19.4 Å². The number of aliphatic hydroxyl groups excluding tert-OH is 2. The van der Waals surface area contributed by atoms with Gasteiger partial charge in [-0.2, -0.15) is 0 Å². The van der Waals surface area contributed by atoms with Crippen molar-refractivity contribution in [3.05, 3.63) is 11.5 Å². The van der Waals surface area contributed by atoms with E-state index in [4.69, 9.17) is 14.2 Å². The summed E-state index contributed by atoms with van der Waals surface area (Å²) in [7, 11) is 0. The Bertz CT molecular complexity index is 607. The van der Waals surface area contributed by atoms with E-state index in [1.54, 1.807) is 0 Å². The van der Waals surface area contributed by atoms with E-state index in [2.05, 4.69) is 10.6 Å². The molecule has 3 aliphatic heterocycles. The Hall–Kier alpha value is -2.17. The first-order chi connectivity index (χ1) is 12.5. The Morgan fingerprint density at radius 3 is 2.35 bits per heavy atom. The molecular weight excluding hydrogens is 348 g/mol. The molecule has 4 atom stereocenters. The first-order valence-corrected chi connectivity index (χ1v) is 8.64. The zero-order valence-corrected chi connectivity index (χ0v) is 14.1. The van der Waals surface area contributed by atoms with Crippen molar-refractivity contribution in [2.24, 2.45) is 0 Å². The highest BCUT2D eigenvalue weighted by Gasteiger charge is 2.43. The number of carbonyl (C=O) groups is 3. The number of hydrogen-bond acceptors (Lipinski definition) is 10. The standard InChI is InChI=1S/C16H22N2O8/c19-10(7-24-14(21)8-3-1-5-17-8)12-11(20)13(16(23)25-12)26-15(22)9-4-2-6-18-9/h8-10,12,17-20H,1-7H2/t8-,9-,10-,12+/m0/s1. The second kappa shape index (κ2) is 8.02. The normalized spacial score (nSPS) is 29.6. The van der Waals surface area contributed by atoms with Crippen LogP contribution in [-0.4, -0.2) is 72.1 Å². The molecule has 0 amide bonds. The minimum atomic E-state index is -1.48. The lowest BCUT2D eigenvalue weighted by Crippen LogP contribution is -2.38. The molecule has 0 aromatic rings. The fourth-order valence-electron chi connectivity index (χ4n) is 3.11. The molecule has 3 heterocycles. The Morgan fingerprint density at radius 2 is 1.77 bits per heavy atom. The fourth-order valence-corrected chi connectivity index (χ4v) is 3.11. The summed E-state index contributed by atoms with van der Waals surface area (Å²) in [6, 6.07) is -0.972. The number of aliphatic hydroxyl groups is 2. The Kier molecular flexibility index (Phi) is 5.74. The fraction of sp³-hybridized carbons (Fsp3) is 0.688. The van der Waals surface area contributed by atoms with Crippen LogP contribution < -0.4 is 10.6 Å². The molecule has 0 radical (unpaired) electrons. The van der Waals surface area contributed by atoms with Crippen LogP contribution in [-0.2, 0) is 28.6 Å². The maximum atomic E-state index is 12.0. The Labute approximate surface area is 149 Å². The van der Waals surface area contributed by atoms with E-state index in [1.165, 1.54) is 0 Å². The quantitative estimate of drug-likeness (QED) is 0.327. The third-order valence-electron chi connectivity index (χ3n) is 4.56. The summed E-state index contributed by atoms with van der Waals surface area (Å²) in [5.74, 6) is -3.61. The summed E-state index contributed by atoms with van der Waals surface area (Å²) in [6.45, 7) is 0.916. The summed E-state index contributed by atoms with van der Waals surface area (Å²) >= 11 is 0. The summed E-state index contributed by atoms with van der Waals surface area (Å²) in [4.78, 5) is 35.6. The van der Waals surface area contributed by atoms with E-state index in [9.17, 15) is 24.6 Å². The van der Waals surface area contributed by atoms with Gasteiger partial charge in [0.2, 0.25) is 0 Å². The number of rotatable bonds is 6. The first-order valence-electron chi connectivity index (χ1n) is 8.64. The van der Waals surface area contributed by atoms with Crippen LogP contribution in [0.15, 0.2) is 11.5 Å². The van der Waals surface area contributed by atoms with Crippen LogP contribution in [0.3, 0.4) is 0 Å². The molecule has 10 nitrogen and oxygen atoms in total. The van der Waals surface area contributed by atoms with Crippen LogP contribution in [0, 0.1) is 0 Å². The molecule has 2 saturated heterocycles. The highest BCUT2D eigenvalue weighted by atomic mass is 16.6. The maximum Gasteiger partial charge on any atom is 0.378 e. The van der Waals surface area contributed by atoms with Gasteiger partial charge in [0.25, 0.3) is 5.76 Å². The highest BCUT2D eigenvalue weighted by molar-refractivity contribution is 5.93. The first kappa shape index (κ1) is 18.6. The number of cyclic esters (lactones) is 1. The third-order valence-corrected chi connectivity index (χ3v) is 4.56. The average Bonchev–Trinajstić information content (AvgIpc) is 3.37. The van der Waals surface area contributed by atoms with Crippen LogP contribution in [0.4, 0.5) is 0 Å². The van der Waals surface area contributed by atoms with Gasteiger partial charge < -0.3 is 35.1 Å². The van der Waals surface area contributed by atoms with Gasteiger partial charge in [-0.3, -0.25) is 4.79 Å². The molecule has 2 fully saturated rings. The topological polar surface area (TPSA) is 143 Å². The van der Waals surface area contributed by atoms with Crippen molar-refractivity contribution >= 4 is 17.9 Å². The van der Waals surface area contributed by atoms with Gasteiger partial charge >= 0.3 is 17.9 Å². The lowest BCUT2D eigenvalue weighted by molar-refractivity contribution is -0.158. The van der Waals surface area contributed by atoms with Gasteiger partial charge in [0.05, 0.1) is 0 Å². The van der Waals surface area contributed by atoms with Gasteiger partial charge in [0.15, 0.2) is 11.9 Å². The molecule has 0 aliphatic carbocycles. The summed E-state index contributed by atoms with van der Waals surface area (Å²) in [5, 5.41) is 26.0. The molecule has 3 rings (SSSR count). The van der Waals surface area contributed by atoms with Crippen LogP contribution in [0.2, 0.25) is 0 Å². The SMILES string of the molecule is O=C1O[C@H]([C@@H](O)COC(=O)[C@@H]2CCCN2)C(O)=C1OC(=O)[C@@H]1CCCN1. The Balaban J connectivity index is 1.55. The molecule has 0 aromatic carbocycles. The van der Waals surface area contributed by atoms with Crippen LogP contribution >= 0.6 is 0 Å². The minimum Gasteiger partial charge on any atom is -0.505 e. The van der Waals surface area contributed by atoms with Gasteiger partial charge in [-0.15, -0.1) is 0 Å². The zero-order chi connectivity index (χ0) is 18.7. The van der Waals surface area contributed by atoms with E-state index in [-0.39, 0.29) is 0 Å². The molecule has 0 bridgehead atoms. The Morgan fingerprint density at radius 1 is 1.15 bits per heavy atom. The van der Waals surface area contributed by atoms with Crippen LogP contribution in [0.1, 0.15) is 25.7 Å². The molecule has 26 heavy (non-hydrogen) atoms. The molecule has 4 N–H and O–H groups in total. The van der Waals surface area contributed by atoms with Crippen molar-refractivity contribution in [3.63, 3.8) is 0 Å². The predicted octanol–water partition coefficient (Wildman–Crippen LogP) is -1.37. The van der Waals surface area contributed by atoms with E-state index in [1.807, 2.05) is 0 Å². The summed E-state index contributed by atoms with van der Waals surface area (Å²) in [6.07, 6.45) is -0.0576. The summed E-state index contributed by atoms with van der Waals surface area (Å²) in [5.41, 5.74) is 0. The lowest BCUT2D eigenvalue weighted by atomic mass is 10.2. The average molecular weight is 370 g/mol. The van der Waals surface area contributed by atoms with Crippen molar-refractivity contribution in [2.45, 2.75) is 50.0 Å². The van der Waals surface area contributed by atoms with Gasteiger partial charge in [0.1, 0.15) is 24.8 Å². The molecule has 10 heteroatoms. The number of hydrogen-bond donors (Lipinski definition) is 4. The largest absolute Gasteiger partial charge is 0.505 e. The molecule has 144 valence electrons. The van der Waals surface area contributed by atoms with E-state index < -0.39 is 60.3 Å². The summed E-state index contributed by atoms with van der Waals surface area (Å²) < 4.78 is 14.8. The molecule has 0 aromatic heterocycles. The van der Waals surface area contributed by atoms with E-state index in [0.29, 0.717) is 19.4 Å². The lowest BCUT2D eigenvalue weighted by Gasteiger charge is -2.18. The third kappa shape index (κ3) is 3.97. The molecular formula is C16H22N2O8.